The van der Waals surface area contributed by atoms with Crippen LogP contribution in [0.4, 0.5) is 4.39 Å². The Bertz CT molecular complexity index is 391. The minimum absolute atomic E-state index is 0.291. The van der Waals surface area contributed by atoms with Gasteiger partial charge >= 0.3 is 0 Å². The predicted molar refractivity (Wildman–Crippen MR) is 53.7 cm³/mol. The van der Waals surface area contributed by atoms with Crippen LogP contribution in [0.2, 0.25) is 0 Å². The highest BCUT2D eigenvalue weighted by molar-refractivity contribution is 5.34. The highest BCUT2D eigenvalue weighted by Gasteiger charge is 2.36. The number of halogens is 1. The second-order valence-electron chi connectivity index (χ2n) is 3.79. The summed E-state index contributed by atoms with van der Waals surface area (Å²) in [6.45, 7) is 1.06. The Labute approximate surface area is 88.3 Å². The molecule has 0 radical (unpaired) electrons. The first-order chi connectivity index (χ1) is 7.28. The van der Waals surface area contributed by atoms with E-state index in [1.807, 2.05) is 0 Å². The Morgan fingerprint density at radius 1 is 1.27 bits per heavy atom. The molecule has 0 atom stereocenters. The molecule has 2 rings (SSSR count). The summed E-state index contributed by atoms with van der Waals surface area (Å²) in [6, 6.07) is 8.77. The van der Waals surface area contributed by atoms with Crippen LogP contribution in [-0.2, 0) is 10.2 Å². The lowest BCUT2D eigenvalue weighted by atomic mass is 9.75. The highest BCUT2D eigenvalue weighted by atomic mass is 19.1. The third kappa shape index (κ3) is 1.73. The fourth-order valence-corrected chi connectivity index (χ4v) is 2.01. The fourth-order valence-electron chi connectivity index (χ4n) is 2.01. The topological polar surface area (TPSA) is 33.0 Å². The second-order valence-corrected chi connectivity index (χ2v) is 3.79. The van der Waals surface area contributed by atoms with Gasteiger partial charge < -0.3 is 4.74 Å². The summed E-state index contributed by atoms with van der Waals surface area (Å²) in [5, 5.41) is 9.25. The average molecular weight is 205 g/mol. The van der Waals surface area contributed by atoms with Crippen molar-refractivity contribution in [3.8, 4) is 6.07 Å². The Hall–Kier alpha value is -1.40. The van der Waals surface area contributed by atoms with E-state index in [1.54, 1.807) is 18.2 Å². The Kier molecular flexibility index (Phi) is 2.70. The van der Waals surface area contributed by atoms with Crippen LogP contribution < -0.4 is 0 Å². The van der Waals surface area contributed by atoms with Crippen molar-refractivity contribution in [3.63, 3.8) is 0 Å². The number of benzene rings is 1. The van der Waals surface area contributed by atoms with Gasteiger partial charge in [0.1, 0.15) is 5.82 Å². The van der Waals surface area contributed by atoms with Gasteiger partial charge in [0, 0.05) is 18.8 Å². The van der Waals surface area contributed by atoms with E-state index in [2.05, 4.69) is 6.07 Å². The summed E-state index contributed by atoms with van der Waals surface area (Å²) in [5.74, 6) is -0.291. The van der Waals surface area contributed by atoms with Crippen LogP contribution in [0, 0.1) is 17.1 Å². The number of hydrogen-bond acceptors (Lipinski definition) is 2. The molecule has 1 fully saturated rings. The van der Waals surface area contributed by atoms with Gasteiger partial charge in [-0.25, -0.2) is 4.39 Å². The molecule has 0 aromatic heterocycles. The predicted octanol–water partition coefficient (Wildman–Crippen LogP) is 2.40. The average Bonchev–Trinajstić information content (AvgIpc) is 2.30. The second kappa shape index (κ2) is 4.00. The van der Waals surface area contributed by atoms with Crippen LogP contribution in [0.5, 0.6) is 0 Å². The van der Waals surface area contributed by atoms with Crippen molar-refractivity contribution in [2.24, 2.45) is 0 Å². The normalized spacial score (nSPS) is 19.5. The molecular weight excluding hydrogens is 193 g/mol. The highest BCUT2D eigenvalue weighted by Crippen LogP contribution is 2.35. The molecular formula is C12H12FNO. The lowest BCUT2D eigenvalue weighted by Crippen LogP contribution is -2.33. The SMILES string of the molecule is N#CC1(c2ccccc2F)CCOCC1. The third-order valence-corrected chi connectivity index (χ3v) is 2.95. The van der Waals surface area contributed by atoms with Gasteiger partial charge in [-0.15, -0.1) is 0 Å². The van der Waals surface area contributed by atoms with Crippen molar-refractivity contribution in [1.82, 2.24) is 0 Å². The van der Waals surface area contributed by atoms with E-state index in [4.69, 9.17) is 4.74 Å². The third-order valence-electron chi connectivity index (χ3n) is 2.95. The smallest absolute Gasteiger partial charge is 0.128 e. The summed E-state index contributed by atoms with van der Waals surface area (Å²) in [5.41, 5.74) is -0.181. The number of ether oxygens (including phenoxy) is 1. The van der Waals surface area contributed by atoms with Crippen LogP contribution in [0.15, 0.2) is 24.3 Å². The number of nitriles is 1. The maximum absolute atomic E-state index is 13.6. The van der Waals surface area contributed by atoms with Crippen molar-refractivity contribution < 1.29 is 9.13 Å². The molecule has 1 aliphatic heterocycles. The molecule has 0 spiro atoms. The summed E-state index contributed by atoms with van der Waals surface area (Å²) < 4.78 is 18.8. The Balaban J connectivity index is 2.42. The first-order valence-corrected chi connectivity index (χ1v) is 5.02. The van der Waals surface area contributed by atoms with Gasteiger partial charge in [0.15, 0.2) is 0 Å². The first-order valence-electron chi connectivity index (χ1n) is 5.02. The van der Waals surface area contributed by atoms with Crippen LogP contribution in [0.3, 0.4) is 0 Å². The molecule has 0 amide bonds. The van der Waals surface area contributed by atoms with E-state index in [9.17, 15) is 9.65 Å². The van der Waals surface area contributed by atoms with Gasteiger partial charge in [-0.1, -0.05) is 18.2 Å². The first kappa shape index (κ1) is 10.1. The molecule has 0 N–H and O–H groups in total. The molecule has 15 heavy (non-hydrogen) atoms. The minimum atomic E-state index is -0.691. The van der Waals surface area contributed by atoms with Gasteiger partial charge in [-0.3, -0.25) is 0 Å². The van der Waals surface area contributed by atoms with E-state index in [-0.39, 0.29) is 5.82 Å². The maximum atomic E-state index is 13.6. The van der Waals surface area contributed by atoms with Crippen LogP contribution >= 0.6 is 0 Å². The summed E-state index contributed by atoms with van der Waals surface area (Å²) in [6.07, 6.45) is 1.15. The molecule has 1 aromatic rings. The quantitative estimate of drug-likeness (QED) is 0.705. The standard InChI is InChI=1S/C12H12FNO/c13-11-4-2-1-3-10(11)12(9-14)5-7-15-8-6-12/h1-4H,5-8H2. The molecule has 0 aliphatic carbocycles. The Morgan fingerprint density at radius 2 is 1.93 bits per heavy atom. The number of rotatable bonds is 1. The molecule has 1 heterocycles. The van der Waals surface area contributed by atoms with Gasteiger partial charge in [0.2, 0.25) is 0 Å². The van der Waals surface area contributed by atoms with Crippen LogP contribution in [0.1, 0.15) is 18.4 Å². The molecule has 1 saturated heterocycles. The molecule has 2 nitrogen and oxygen atoms in total. The molecule has 0 bridgehead atoms. The molecule has 0 saturated carbocycles. The molecule has 0 unspecified atom stereocenters. The van der Waals surface area contributed by atoms with Crippen LogP contribution in [0.25, 0.3) is 0 Å². The monoisotopic (exact) mass is 205 g/mol. The van der Waals surface area contributed by atoms with Crippen molar-refractivity contribution in [1.29, 1.82) is 5.26 Å². The van der Waals surface area contributed by atoms with Gasteiger partial charge in [0.25, 0.3) is 0 Å². The van der Waals surface area contributed by atoms with Crippen LogP contribution in [-0.4, -0.2) is 13.2 Å². The van der Waals surface area contributed by atoms with E-state index < -0.39 is 5.41 Å². The van der Waals surface area contributed by atoms with Gasteiger partial charge in [-0.05, 0) is 18.9 Å². The minimum Gasteiger partial charge on any atom is -0.381 e. The summed E-state index contributed by atoms with van der Waals surface area (Å²) in [4.78, 5) is 0. The number of nitrogens with zero attached hydrogens (tertiary/aromatic N) is 1. The maximum Gasteiger partial charge on any atom is 0.128 e. The largest absolute Gasteiger partial charge is 0.381 e. The molecule has 78 valence electrons. The van der Waals surface area contributed by atoms with E-state index >= 15 is 0 Å². The van der Waals surface area contributed by atoms with Gasteiger partial charge in [-0.2, -0.15) is 5.26 Å². The fraction of sp³-hybridized carbons (Fsp3) is 0.417. The van der Waals surface area contributed by atoms with Crippen molar-refractivity contribution >= 4 is 0 Å². The van der Waals surface area contributed by atoms with Crippen molar-refractivity contribution in [2.45, 2.75) is 18.3 Å². The van der Waals surface area contributed by atoms with E-state index in [0.29, 0.717) is 31.6 Å². The summed E-state index contributed by atoms with van der Waals surface area (Å²) in [7, 11) is 0. The zero-order chi connectivity index (χ0) is 10.7. The van der Waals surface area contributed by atoms with Crippen molar-refractivity contribution in [2.75, 3.05) is 13.2 Å². The number of hydrogen-bond donors (Lipinski definition) is 0. The summed E-state index contributed by atoms with van der Waals surface area (Å²) >= 11 is 0. The zero-order valence-electron chi connectivity index (χ0n) is 8.37. The lowest BCUT2D eigenvalue weighted by molar-refractivity contribution is 0.0665. The molecule has 1 aromatic carbocycles. The molecule has 1 aliphatic rings. The lowest BCUT2D eigenvalue weighted by Gasteiger charge is -2.31. The van der Waals surface area contributed by atoms with E-state index in [0.717, 1.165) is 0 Å². The van der Waals surface area contributed by atoms with Gasteiger partial charge in [0.05, 0.1) is 11.5 Å². The van der Waals surface area contributed by atoms with Crippen molar-refractivity contribution in [3.05, 3.63) is 35.6 Å². The Morgan fingerprint density at radius 3 is 2.53 bits per heavy atom. The molecule has 3 heteroatoms. The van der Waals surface area contributed by atoms with E-state index in [1.165, 1.54) is 6.07 Å². The zero-order valence-corrected chi connectivity index (χ0v) is 8.37.